The first-order valence-corrected chi connectivity index (χ1v) is 10.5. The van der Waals surface area contributed by atoms with Crippen molar-refractivity contribution in [3.8, 4) is 0 Å². The van der Waals surface area contributed by atoms with Gasteiger partial charge in [-0.25, -0.2) is 0 Å². The minimum Gasteiger partial charge on any atom is -0.356 e. The summed E-state index contributed by atoms with van der Waals surface area (Å²) in [7, 11) is 3.89. The number of nitro benzene ring substituents is 1. The first kappa shape index (κ1) is 25.4. The predicted octanol–water partition coefficient (Wildman–Crippen LogP) is 4.61. The Balaban J connectivity index is 0.00000341. The molecule has 2 atom stereocenters. The van der Waals surface area contributed by atoms with Crippen LogP contribution >= 0.6 is 35.6 Å². The lowest BCUT2D eigenvalue weighted by molar-refractivity contribution is -0.384. The van der Waals surface area contributed by atoms with Crippen molar-refractivity contribution in [1.29, 1.82) is 0 Å². The number of piperidine rings is 1. The van der Waals surface area contributed by atoms with E-state index in [0.717, 1.165) is 36.5 Å². The number of rotatable bonds is 6. The Morgan fingerprint density at radius 2 is 2.03 bits per heavy atom. The minimum atomic E-state index is -0.383. The van der Waals surface area contributed by atoms with E-state index < -0.39 is 0 Å². The number of aliphatic imine (C=N–C) groups is 1. The summed E-state index contributed by atoms with van der Waals surface area (Å²) in [4.78, 5) is 17.3. The lowest BCUT2D eigenvalue weighted by Gasteiger charge is -2.40. The molecule has 1 heterocycles. The van der Waals surface area contributed by atoms with Gasteiger partial charge in [-0.15, -0.1) is 24.0 Å². The van der Waals surface area contributed by atoms with Gasteiger partial charge in [0, 0.05) is 43.3 Å². The molecule has 7 nitrogen and oxygen atoms in total. The van der Waals surface area contributed by atoms with Gasteiger partial charge in [0.25, 0.3) is 5.69 Å². The van der Waals surface area contributed by atoms with Gasteiger partial charge in [-0.2, -0.15) is 0 Å². The van der Waals surface area contributed by atoms with Crippen LogP contribution in [0.1, 0.15) is 30.0 Å². The Morgan fingerprint density at radius 3 is 2.74 bits per heavy atom. The summed E-state index contributed by atoms with van der Waals surface area (Å²) in [5, 5.41) is 18.4. The quantitative estimate of drug-likeness (QED) is 0.178. The van der Waals surface area contributed by atoms with Gasteiger partial charge in [0.05, 0.1) is 4.92 Å². The van der Waals surface area contributed by atoms with Crippen LogP contribution in [0.2, 0.25) is 5.02 Å². The van der Waals surface area contributed by atoms with Crippen LogP contribution in [-0.2, 0) is 6.54 Å². The average Bonchev–Trinajstić information content (AvgIpc) is 2.74. The fourth-order valence-corrected chi connectivity index (χ4v) is 4.30. The van der Waals surface area contributed by atoms with E-state index >= 15 is 0 Å². The van der Waals surface area contributed by atoms with Crippen LogP contribution in [0.25, 0.3) is 0 Å². The monoisotopic (exact) mass is 557 g/mol. The molecule has 0 amide bonds. The first-order chi connectivity index (χ1) is 14.5. The normalized spacial score (nSPS) is 19.4. The van der Waals surface area contributed by atoms with Gasteiger partial charge in [0.1, 0.15) is 0 Å². The van der Waals surface area contributed by atoms with Gasteiger partial charge in [-0.1, -0.05) is 35.9 Å². The van der Waals surface area contributed by atoms with Crippen LogP contribution in [0.4, 0.5) is 5.69 Å². The molecule has 0 spiro atoms. The highest BCUT2D eigenvalue weighted by Crippen LogP contribution is 2.35. The second-order valence-corrected chi connectivity index (χ2v) is 8.05. The van der Waals surface area contributed by atoms with Crippen molar-refractivity contribution in [2.24, 2.45) is 10.9 Å². The Kier molecular flexibility index (Phi) is 9.98. The van der Waals surface area contributed by atoms with Crippen LogP contribution in [0, 0.1) is 16.0 Å². The van der Waals surface area contributed by atoms with Crippen molar-refractivity contribution >= 4 is 47.2 Å². The van der Waals surface area contributed by atoms with Gasteiger partial charge < -0.3 is 10.6 Å². The highest BCUT2D eigenvalue weighted by Gasteiger charge is 2.30. The molecule has 1 saturated heterocycles. The molecule has 0 aliphatic carbocycles. The molecule has 168 valence electrons. The maximum absolute atomic E-state index is 11.0. The van der Waals surface area contributed by atoms with E-state index in [2.05, 4.69) is 39.7 Å². The van der Waals surface area contributed by atoms with Crippen molar-refractivity contribution in [3.05, 3.63) is 74.8 Å². The Bertz CT molecular complexity index is 911. The largest absolute Gasteiger partial charge is 0.356 e. The molecule has 1 aliphatic heterocycles. The smallest absolute Gasteiger partial charge is 0.269 e. The van der Waals surface area contributed by atoms with Gasteiger partial charge >= 0.3 is 0 Å². The number of nitrogens with zero attached hydrogens (tertiary/aromatic N) is 3. The topological polar surface area (TPSA) is 82.8 Å². The standard InChI is InChI=1S/C22H28ClN5O2.HI/c1-24-22(25-14-16-6-3-10-20(12-16)28(29)30)26-15-18-8-5-11-27(2)21(18)17-7-4-9-19(23)13-17;/h3-4,6-7,9-10,12-13,18,21H,5,8,11,14-15H2,1-2H3,(H2,24,25,26);1H. The van der Waals surface area contributed by atoms with Crippen LogP contribution in [-0.4, -0.2) is 43.0 Å². The highest BCUT2D eigenvalue weighted by atomic mass is 127. The molecule has 3 rings (SSSR count). The van der Waals surface area contributed by atoms with Crippen molar-refractivity contribution in [3.63, 3.8) is 0 Å². The number of nitrogens with one attached hydrogen (secondary N) is 2. The molecule has 2 unspecified atom stereocenters. The summed E-state index contributed by atoms with van der Waals surface area (Å²) in [6.45, 7) is 2.30. The van der Waals surface area contributed by atoms with Gasteiger partial charge in [0.15, 0.2) is 5.96 Å². The minimum absolute atomic E-state index is 0. The van der Waals surface area contributed by atoms with Crippen molar-refractivity contribution in [2.45, 2.75) is 25.4 Å². The summed E-state index contributed by atoms with van der Waals surface area (Å²) in [6, 6.07) is 15.0. The molecule has 2 N–H and O–H groups in total. The number of benzene rings is 2. The third-order valence-corrected chi connectivity index (χ3v) is 5.77. The zero-order valence-corrected chi connectivity index (χ0v) is 20.8. The number of halogens is 2. The number of non-ortho nitro benzene ring substituents is 1. The molecule has 0 bridgehead atoms. The summed E-state index contributed by atoms with van der Waals surface area (Å²) < 4.78 is 0. The zero-order chi connectivity index (χ0) is 21.5. The molecule has 0 aromatic heterocycles. The van der Waals surface area contributed by atoms with E-state index in [1.165, 1.54) is 11.6 Å². The van der Waals surface area contributed by atoms with Gasteiger partial charge in [-0.05, 0) is 55.6 Å². The number of likely N-dealkylation sites (tertiary alicyclic amines) is 1. The van der Waals surface area contributed by atoms with E-state index in [0.29, 0.717) is 24.5 Å². The van der Waals surface area contributed by atoms with E-state index in [1.54, 1.807) is 19.2 Å². The second-order valence-electron chi connectivity index (χ2n) is 7.62. The molecule has 9 heteroatoms. The van der Waals surface area contributed by atoms with Crippen LogP contribution < -0.4 is 10.6 Å². The third kappa shape index (κ3) is 7.05. The number of guanidine groups is 1. The summed E-state index contributed by atoms with van der Waals surface area (Å²) in [5.74, 6) is 1.10. The Morgan fingerprint density at radius 1 is 1.26 bits per heavy atom. The summed E-state index contributed by atoms with van der Waals surface area (Å²) in [5.41, 5.74) is 2.16. The highest BCUT2D eigenvalue weighted by molar-refractivity contribution is 14.0. The van der Waals surface area contributed by atoms with E-state index in [4.69, 9.17) is 11.6 Å². The second kappa shape index (κ2) is 12.2. The molecule has 0 radical (unpaired) electrons. The fraction of sp³-hybridized carbons (Fsp3) is 0.409. The van der Waals surface area contributed by atoms with Crippen LogP contribution in [0.3, 0.4) is 0 Å². The number of hydrogen-bond donors (Lipinski definition) is 2. The zero-order valence-electron chi connectivity index (χ0n) is 17.8. The predicted molar refractivity (Wildman–Crippen MR) is 136 cm³/mol. The SMILES string of the molecule is CN=C(NCc1cccc([N+](=O)[O-])c1)NCC1CCCN(C)C1c1cccc(Cl)c1.I. The lowest BCUT2D eigenvalue weighted by Crippen LogP contribution is -2.44. The van der Waals surface area contributed by atoms with Crippen molar-refractivity contribution in [2.75, 3.05) is 27.2 Å². The van der Waals surface area contributed by atoms with E-state index in [1.807, 2.05) is 18.2 Å². The third-order valence-electron chi connectivity index (χ3n) is 5.53. The van der Waals surface area contributed by atoms with Crippen LogP contribution in [0.5, 0.6) is 0 Å². The van der Waals surface area contributed by atoms with Gasteiger partial charge in [-0.3, -0.25) is 20.0 Å². The molecule has 0 saturated carbocycles. The average molecular weight is 558 g/mol. The Labute approximate surface area is 205 Å². The lowest BCUT2D eigenvalue weighted by atomic mass is 9.85. The van der Waals surface area contributed by atoms with E-state index in [9.17, 15) is 10.1 Å². The molecular formula is C22H29ClIN5O2. The molecule has 1 fully saturated rings. The maximum Gasteiger partial charge on any atom is 0.269 e. The molecule has 2 aromatic carbocycles. The van der Waals surface area contributed by atoms with Gasteiger partial charge in [0.2, 0.25) is 0 Å². The van der Waals surface area contributed by atoms with E-state index in [-0.39, 0.29) is 34.6 Å². The first-order valence-electron chi connectivity index (χ1n) is 10.1. The fourth-order valence-electron chi connectivity index (χ4n) is 4.10. The van der Waals surface area contributed by atoms with Crippen molar-refractivity contribution in [1.82, 2.24) is 15.5 Å². The number of nitro groups is 1. The molecule has 2 aromatic rings. The summed E-state index contributed by atoms with van der Waals surface area (Å²) in [6.07, 6.45) is 2.27. The summed E-state index contributed by atoms with van der Waals surface area (Å²) >= 11 is 6.23. The molecule has 31 heavy (non-hydrogen) atoms. The Hall–Kier alpha value is -1.91. The van der Waals surface area contributed by atoms with Crippen molar-refractivity contribution < 1.29 is 4.92 Å². The number of hydrogen-bond acceptors (Lipinski definition) is 4. The molecular weight excluding hydrogens is 529 g/mol. The molecule has 1 aliphatic rings. The maximum atomic E-state index is 11.0. The van der Waals surface area contributed by atoms with Crippen LogP contribution in [0.15, 0.2) is 53.5 Å².